The maximum Gasteiger partial charge on any atom is 0.319 e. The average molecular weight is 415 g/mol. The van der Waals surface area contributed by atoms with Crippen LogP contribution in [-0.4, -0.2) is 27.9 Å². The van der Waals surface area contributed by atoms with Crippen LogP contribution in [0.1, 0.15) is 11.4 Å². The predicted octanol–water partition coefficient (Wildman–Crippen LogP) is 3.17. The molecule has 0 aliphatic heterocycles. The molecule has 2 aromatic carbocycles. The van der Waals surface area contributed by atoms with Gasteiger partial charge in [0.05, 0.1) is 37.0 Å². The van der Waals surface area contributed by atoms with E-state index in [1.54, 1.807) is 43.6 Å². The number of carbonyl (C=O) groups is 1. The molecule has 4 aromatic rings. The first-order valence-electron chi connectivity index (χ1n) is 9.71. The molecule has 4 rings (SSSR count). The van der Waals surface area contributed by atoms with E-state index in [0.29, 0.717) is 27.9 Å². The number of hydrogen-bond donors (Lipinski definition) is 2. The van der Waals surface area contributed by atoms with Crippen molar-refractivity contribution in [1.82, 2.24) is 20.1 Å². The zero-order valence-corrected chi connectivity index (χ0v) is 16.9. The first kappa shape index (κ1) is 20.1. The number of fused-ring (bicyclic) bond motifs is 1. The number of aromatic nitrogens is 3. The van der Waals surface area contributed by atoms with Gasteiger partial charge in [-0.05, 0) is 30.3 Å². The van der Waals surface area contributed by atoms with Crippen molar-refractivity contribution in [2.24, 2.45) is 0 Å². The van der Waals surface area contributed by atoms with E-state index in [2.05, 4.69) is 20.7 Å². The van der Waals surface area contributed by atoms with Gasteiger partial charge in [0.15, 0.2) is 0 Å². The zero-order valence-electron chi connectivity index (χ0n) is 16.9. The van der Waals surface area contributed by atoms with E-state index in [4.69, 9.17) is 4.74 Å². The van der Waals surface area contributed by atoms with Crippen molar-refractivity contribution in [2.45, 2.75) is 13.1 Å². The number of carbonyl (C=O) groups excluding carboxylic acids is 1. The molecule has 156 valence electrons. The van der Waals surface area contributed by atoms with Gasteiger partial charge in [-0.2, -0.15) is 5.10 Å². The Labute approximate surface area is 178 Å². The molecule has 0 atom stereocenters. The molecule has 0 aliphatic carbocycles. The summed E-state index contributed by atoms with van der Waals surface area (Å²) in [7, 11) is 1.57. The minimum absolute atomic E-state index is 0.152. The number of pyridine rings is 1. The molecule has 0 saturated carbocycles. The minimum atomic E-state index is -0.387. The summed E-state index contributed by atoms with van der Waals surface area (Å²) < 4.78 is 6.54. The number of ether oxygens (including phenoxy) is 1. The standard InChI is InChI=1S/C23H21N5O3/c1-31-18-9-6-8-16(13-18)26-23(30)25-14-21-19-10-2-3-11-20(19)22(29)28(27-21)15-17-7-4-5-12-24-17/h2-13H,14-15H2,1H3,(H2,25,26,30). The fraction of sp³-hybridized carbons (Fsp3) is 0.130. The number of benzene rings is 2. The second-order valence-corrected chi connectivity index (χ2v) is 6.82. The van der Waals surface area contributed by atoms with E-state index in [-0.39, 0.29) is 24.7 Å². The second-order valence-electron chi connectivity index (χ2n) is 6.82. The Morgan fingerprint density at radius 3 is 2.61 bits per heavy atom. The molecule has 2 aromatic heterocycles. The normalized spacial score (nSPS) is 10.6. The van der Waals surface area contributed by atoms with E-state index in [0.717, 1.165) is 5.69 Å². The van der Waals surface area contributed by atoms with Crippen LogP contribution in [0.15, 0.2) is 77.7 Å². The Balaban J connectivity index is 1.57. The van der Waals surface area contributed by atoms with Gasteiger partial charge in [-0.3, -0.25) is 9.78 Å². The lowest BCUT2D eigenvalue weighted by Gasteiger charge is -2.12. The molecule has 8 heteroatoms. The zero-order chi connectivity index (χ0) is 21.6. The summed E-state index contributed by atoms with van der Waals surface area (Å²) in [4.78, 5) is 29.6. The van der Waals surface area contributed by atoms with Gasteiger partial charge >= 0.3 is 6.03 Å². The largest absolute Gasteiger partial charge is 0.497 e. The first-order valence-corrected chi connectivity index (χ1v) is 9.71. The van der Waals surface area contributed by atoms with Crippen molar-refractivity contribution < 1.29 is 9.53 Å². The van der Waals surface area contributed by atoms with Crippen LogP contribution in [0.4, 0.5) is 10.5 Å². The number of amides is 2. The Morgan fingerprint density at radius 2 is 1.84 bits per heavy atom. The summed E-state index contributed by atoms with van der Waals surface area (Å²) >= 11 is 0. The summed E-state index contributed by atoms with van der Waals surface area (Å²) in [6.45, 7) is 0.395. The van der Waals surface area contributed by atoms with E-state index in [1.807, 2.05) is 36.4 Å². The van der Waals surface area contributed by atoms with Crippen LogP contribution < -0.4 is 20.9 Å². The molecule has 2 amide bonds. The SMILES string of the molecule is COc1cccc(NC(=O)NCc2nn(Cc3ccccn3)c(=O)c3ccccc23)c1. The summed E-state index contributed by atoms with van der Waals surface area (Å²) in [5.74, 6) is 0.645. The smallest absolute Gasteiger partial charge is 0.319 e. The fourth-order valence-corrected chi connectivity index (χ4v) is 3.23. The highest BCUT2D eigenvalue weighted by molar-refractivity contribution is 5.90. The summed E-state index contributed by atoms with van der Waals surface area (Å²) in [5.41, 5.74) is 1.72. The maximum absolute atomic E-state index is 12.9. The third-order valence-electron chi connectivity index (χ3n) is 4.73. The molecule has 0 spiro atoms. The van der Waals surface area contributed by atoms with Crippen molar-refractivity contribution in [3.05, 3.63) is 94.7 Å². The number of anilines is 1. The molecule has 0 aliphatic rings. The lowest BCUT2D eigenvalue weighted by Crippen LogP contribution is -2.31. The van der Waals surface area contributed by atoms with Gasteiger partial charge in [0, 0.05) is 23.3 Å². The summed E-state index contributed by atoms with van der Waals surface area (Å²) in [5, 5.41) is 11.3. The van der Waals surface area contributed by atoms with Gasteiger partial charge in [-0.25, -0.2) is 9.48 Å². The third kappa shape index (κ3) is 4.69. The minimum Gasteiger partial charge on any atom is -0.497 e. The molecule has 2 N–H and O–H groups in total. The van der Waals surface area contributed by atoms with Crippen molar-refractivity contribution in [3.8, 4) is 5.75 Å². The molecule has 0 unspecified atom stereocenters. The Hall–Kier alpha value is -4.20. The molecule has 2 heterocycles. The molecule has 31 heavy (non-hydrogen) atoms. The van der Waals surface area contributed by atoms with E-state index >= 15 is 0 Å². The number of methoxy groups -OCH3 is 1. The predicted molar refractivity (Wildman–Crippen MR) is 118 cm³/mol. The van der Waals surface area contributed by atoms with Crippen LogP contribution in [0, 0.1) is 0 Å². The number of nitrogens with one attached hydrogen (secondary N) is 2. The Morgan fingerprint density at radius 1 is 1.03 bits per heavy atom. The lowest BCUT2D eigenvalue weighted by molar-refractivity contribution is 0.251. The lowest BCUT2D eigenvalue weighted by atomic mass is 10.1. The Kier molecular flexibility index (Phi) is 5.89. The van der Waals surface area contributed by atoms with E-state index in [9.17, 15) is 9.59 Å². The van der Waals surface area contributed by atoms with Gasteiger partial charge in [0.2, 0.25) is 0 Å². The number of urea groups is 1. The molecule has 0 bridgehead atoms. The molecular formula is C23H21N5O3. The van der Waals surface area contributed by atoms with Gasteiger partial charge in [-0.1, -0.05) is 30.3 Å². The van der Waals surface area contributed by atoms with Gasteiger partial charge in [0.25, 0.3) is 5.56 Å². The van der Waals surface area contributed by atoms with Crippen LogP contribution in [0.3, 0.4) is 0 Å². The van der Waals surface area contributed by atoms with Gasteiger partial charge in [-0.15, -0.1) is 0 Å². The van der Waals surface area contributed by atoms with Crippen molar-refractivity contribution in [2.75, 3.05) is 12.4 Å². The molecule has 0 saturated heterocycles. The monoisotopic (exact) mass is 415 g/mol. The molecule has 0 fully saturated rings. The topological polar surface area (TPSA) is 98.1 Å². The van der Waals surface area contributed by atoms with Crippen LogP contribution >= 0.6 is 0 Å². The van der Waals surface area contributed by atoms with Crippen LogP contribution in [0.25, 0.3) is 10.8 Å². The van der Waals surface area contributed by atoms with Gasteiger partial charge < -0.3 is 15.4 Å². The number of rotatable bonds is 6. The summed E-state index contributed by atoms with van der Waals surface area (Å²) in [6, 6.07) is 19.4. The molecule has 0 radical (unpaired) electrons. The van der Waals surface area contributed by atoms with E-state index < -0.39 is 0 Å². The quantitative estimate of drug-likeness (QED) is 0.504. The third-order valence-corrected chi connectivity index (χ3v) is 4.73. The highest BCUT2D eigenvalue weighted by atomic mass is 16.5. The Bertz CT molecular complexity index is 1270. The molecular weight excluding hydrogens is 394 g/mol. The molecule has 8 nitrogen and oxygen atoms in total. The van der Waals surface area contributed by atoms with Crippen LogP contribution in [-0.2, 0) is 13.1 Å². The average Bonchev–Trinajstić information content (AvgIpc) is 2.81. The highest BCUT2D eigenvalue weighted by Gasteiger charge is 2.12. The number of hydrogen-bond acceptors (Lipinski definition) is 5. The van der Waals surface area contributed by atoms with Gasteiger partial charge in [0.1, 0.15) is 5.75 Å². The van der Waals surface area contributed by atoms with E-state index in [1.165, 1.54) is 4.68 Å². The summed E-state index contributed by atoms with van der Waals surface area (Å²) in [6.07, 6.45) is 1.67. The van der Waals surface area contributed by atoms with Crippen LogP contribution in [0.2, 0.25) is 0 Å². The van der Waals surface area contributed by atoms with Crippen molar-refractivity contribution in [3.63, 3.8) is 0 Å². The van der Waals surface area contributed by atoms with Crippen molar-refractivity contribution in [1.29, 1.82) is 0 Å². The highest BCUT2D eigenvalue weighted by Crippen LogP contribution is 2.17. The fourth-order valence-electron chi connectivity index (χ4n) is 3.23. The van der Waals surface area contributed by atoms with Crippen LogP contribution in [0.5, 0.6) is 5.75 Å². The van der Waals surface area contributed by atoms with Crippen molar-refractivity contribution >= 4 is 22.5 Å². The maximum atomic E-state index is 12.9. The first-order chi connectivity index (χ1) is 15.1. The number of nitrogens with zero attached hydrogens (tertiary/aromatic N) is 3. The second kappa shape index (κ2) is 9.08.